The van der Waals surface area contributed by atoms with E-state index in [4.69, 9.17) is 18.9 Å². The van der Waals surface area contributed by atoms with Crippen LogP contribution >= 0.6 is 0 Å². The summed E-state index contributed by atoms with van der Waals surface area (Å²) in [5.74, 6) is -0.498. The fraction of sp³-hybridized carbons (Fsp3) is 0.359. The number of likely N-dealkylation sites (tertiary alicyclic amines) is 1. The molecule has 4 aromatic carbocycles. The Balaban J connectivity index is 1.06. The monoisotopic (exact) mass is 634 g/mol. The minimum absolute atomic E-state index is 0.0128. The van der Waals surface area contributed by atoms with E-state index in [9.17, 15) is 9.90 Å². The van der Waals surface area contributed by atoms with E-state index in [1.165, 1.54) is 0 Å². The Labute approximate surface area is 276 Å². The van der Waals surface area contributed by atoms with Crippen LogP contribution in [0.1, 0.15) is 64.3 Å². The summed E-state index contributed by atoms with van der Waals surface area (Å²) in [5.41, 5.74) is 6.71. The number of piperidine rings is 1. The molecule has 0 bridgehead atoms. The van der Waals surface area contributed by atoms with Gasteiger partial charge in [-0.15, -0.1) is 0 Å². The zero-order valence-electron chi connectivity index (χ0n) is 26.6. The highest BCUT2D eigenvalue weighted by Gasteiger charge is 2.41. The molecule has 3 atom stereocenters. The molecule has 7 rings (SSSR count). The molecule has 8 nitrogen and oxygen atoms in total. The minimum atomic E-state index is -0.525. The Bertz CT molecular complexity index is 1610. The lowest BCUT2D eigenvalue weighted by Crippen LogP contribution is -2.48. The summed E-state index contributed by atoms with van der Waals surface area (Å²) < 4.78 is 25.2. The van der Waals surface area contributed by atoms with Crippen LogP contribution in [0.2, 0.25) is 0 Å². The Morgan fingerprint density at radius 1 is 0.809 bits per heavy atom. The van der Waals surface area contributed by atoms with Crippen molar-refractivity contribution in [1.82, 2.24) is 10.2 Å². The van der Waals surface area contributed by atoms with Gasteiger partial charge < -0.3 is 34.3 Å². The van der Waals surface area contributed by atoms with E-state index in [1.807, 2.05) is 72.8 Å². The molecular formula is C39H42N2O6. The molecule has 1 spiro atoms. The molecule has 3 saturated heterocycles. The van der Waals surface area contributed by atoms with Crippen molar-refractivity contribution in [2.75, 3.05) is 32.8 Å². The van der Waals surface area contributed by atoms with Gasteiger partial charge in [-0.2, -0.15) is 0 Å². The molecule has 3 aliphatic heterocycles. The zero-order chi connectivity index (χ0) is 32.1. The Hall–Kier alpha value is -3.89. The Kier molecular flexibility index (Phi) is 9.76. The number of hydrogen-bond donors (Lipinski definition) is 2. The van der Waals surface area contributed by atoms with Crippen LogP contribution in [0.15, 0.2) is 103 Å². The van der Waals surface area contributed by atoms with Crippen LogP contribution in [0.4, 0.5) is 0 Å². The number of carbonyl (C=O) groups excluding carboxylic acids is 1. The van der Waals surface area contributed by atoms with Crippen molar-refractivity contribution in [3.63, 3.8) is 0 Å². The third-order valence-corrected chi connectivity index (χ3v) is 9.49. The first-order valence-corrected chi connectivity index (χ1v) is 16.6. The lowest BCUT2D eigenvalue weighted by atomic mass is 9.97. The average molecular weight is 635 g/mol. The van der Waals surface area contributed by atoms with E-state index in [1.54, 1.807) is 0 Å². The highest BCUT2D eigenvalue weighted by atomic mass is 16.7. The smallest absolute Gasteiger partial charge is 0.251 e. The first-order valence-electron chi connectivity index (χ1n) is 16.6. The SMILES string of the molecule is O=C(NCc1ccccc1-c1ccc([C@@H]2O[C@H](CN3CCC4(CC3)OCCO4)C[C@H](c3ccc(CO)cc3)O2)cc1)c1ccccc1. The van der Waals surface area contributed by atoms with Crippen LogP contribution in [0, 0.1) is 0 Å². The first kappa shape index (κ1) is 31.7. The van der Waals surface area contributed by atoms with Gasteiger partial charge in [0.15, 0.2) is 12.1 Å². The van der Waals surface area contributed by atoms with Crippen molar-refractivity contribution in [3.05, 3.63) is 131 Å². The summed E-state index contributed by atoms with van der Waals surface area (Å²) in [6, 6.07) is 33.8. The largest absolute Gasteiger partial charge is 0.392 e. The maximum atomic E-state index is 12.7. The number of benzene rings is 4. The maximum absolute atomic E-state index is 12.7. The Morgan fingerprint density at radius 2 is 1.49 bits per heavy atom. The molecule has 3 heterocycles. The molecule has 8 heteroatoms. The summed E-state index contributed by atoms with van der Waals surface area (Å²) in [7, 11) is 0. The van der Waals surface area contributed by atoms with Gasteiger partial charge >= 0.3 is 0 Å². The number of rotatable bonds is 9. The van der Waals surface area contributed by atoms with Crippen LogP contribution in [0.25, 0.3) is 11.1 Å². The molecule has 0 aromatic heterocycles. The number of aliphatic hydroxyl groups excluding tert-OH is 1. The zero-order valence-corrected chi connectivity index (χ0v) is 26.6. The third kappa shape index (κ3) is 7.49. The third-order valence-electron chi connectivity index (χ3n) is 9.49. The standard InChI is InChI=1S/C39H42N2O6/c42-27-28-10-12-30(13-11-28)36-24-34(26-41-20-18-39(19-21-41)44-22-23-45-39)46-38(47-36)32-16-14-29(15-17-32)35-9-5-4-8-33(35)25-40-37(43)31-6-2-1-3-7-31/h1-17,34,36,38,42H,18-27H2,(H,40,43)/t34-,36+,38+/m0/s1. The molecule has 0 aliphatic carbocycles. The van der Waals surface area contributed by atoms with Gasteiger partial charge in [0.25, 0.3) is 5.91 Å². The minimum Gasteiger partial charge on any atom is -0.392 e. The second kappa shape index (κ2) is 14.5. The topological polar surface area (TPSA) is 89.5 Å². The van der Waals surface area contributed by atoms with Gasteiger partial charge in [-0.25, -0.2) is 0 Å². The van der Waals surface area contributed by atoms with Crippen LogP contribution in [-0.2, 0) is 32.1 Å². The van der Waals surface area contributed by atoms with E-state index in [2.05, 4.69) is 40.5 Å². The molecule has 3 fully saturated rings. The van der Waals surface area contributed by atoms with Crippen LogP contribution in [0.5, 0.6) is 0 Å². The lowest BCUT2D eigenvalue weighted by Gasteiger charge is -2.41. The van der Waals surface area contributed by atoms with Gasteiger partial charge in [-0.3, -0.25) is 4.79 Å². The molecular weight excluding hydrogens is 592 g/mol. The lowest BCUT2D eigenvalue weighted by molar-refractivity contribution is -0.255. The van der Waals surface area contributed by atoms with Gasteiger partial charge in [0.2, 0.25) is 0 Å². The van der Waals surface area contributed by atoms with Crippen LogP contribution in [0.3, 0.4) is 0 Å². The van der Waals surface area contributed by atoms with Gasteiger partial charge in [0, 0.05) is 56.6 Å². The molecule has 3 aliphatic rings. The molecule has 4 aromatic rings. The van der Waals surface area contributed by atoms with Crippen molar-refractivity contribution < 1.29 is 28.8 Å². The number of nitrogens with one attached hydrogen (secondary N) is 1. The summed E-state index contributed by atoms with van der Waals surface area (Å²) in [5, 5.41) is 12.6. The van der Waals surface area contributed by atoms with Crippen molar-refractivity contribution >= 4 is 5.91 Å². The number of carbonyl (C=O) groups is 1. The normalized spacial score (nSPS) is 22.7. The molecule has 2 N–H and O–H groups in total. The number of hydrogen-bond acceptors (Lipinski definition) is 7. The van der Waals surface area contributed by atoms with Crippen LogP contribution < -0.4 is 5.32 Å². The van der Waals surface area contributed by atoms with E-state index in [0.29, 0.717) is 25.3 Å². The van der Waals surface area contributed by atoms with E-state index < -0.39 is 12.1 Å². The van der Waals surface area contributed by atoms with Crippen molar-refractivity contribution in [2.24, 2.45) is 0 Å². The number of ether oxygens (including phenoxy) is 4. The predicted octanol–water partition coefficient (Wildman–Crippen LogP) is 6.16. The van der Waals surface area contributed by atoms with E-state index in [-0.39, 0.29) is 24.7 Å². The molecule has 0 unspecified atom stereocenters. The fourth-order valence-corrected chi connectivity index (χ4v) is 6.83. The highest BCUT2D eigenvalue weighted by molar-refractivity contribution is 5.94. The van der Waals surface area contributed by atoms with Gasteiger partial charge in [-0.1, -0.05) is 91.0 Å². The average Bonchev–Trinajstić information content (AvgIpc) is 3.60. The summed E-state index contributed by atoms with van der Waals surface area (Å²) in [4.78, 5) is 15.1. The second-order valence-corrected chi connectivity index (χ2v) is 12.6. The van der Waals surface area contributed by atoms with Crippen molar-refractivity contribution in [3.8, 4) is 11.1 Å². The number of amides is 1. The molecule has 244 valence electrons. The number of nitrogens with zero attached hydrogens (tertiary/aromatic N) is 1. The summed E-state index contributed by atoms with van der Waals surface area (Å²) in [6.45, 7) is 4.41. The fourth-order valence-electron chi connectivity index (χ4n) is 6.83. The second-order valence-electron chi connectivity index (χ2n) is 12.6. The van der Waals surface area contributed by atoms with E-state index in [0.717, 1.165) is 72.3 Å². The van der Waals surface area contributed by atoms with Gasteiger partial charge in [0.1, 0.15) is 0 Å². The van der Waals surface area contributed by atoms with E-state index >= 15 is 0 Å². The van der Waals surface area contributed by atoms with Crippen LogP contribution in [-0.4, -0.2) is 60.7 Å². The van der Waals surface area contributed by atoms with Crippen molar-refractivity contribution in [1.29, 1.82) is 0 Å². The Morgan fingerprint density at radius 3 is 2.21 bits per heavy atom. The number of aliphatic hydroxyl groups is 1. The predicted molar refractivity (Wildman–Crippen MR) is 178 cm³/mol. The summed E-state index contributed by atoms with van der Waals surface area (Å²) >= 11 is 0. The van der Waals surface area contributed by atoms with Gasteiger partial charge in [0.05, 0.1) is 32.0 Å². The molecule has 0 radical (unpaired) electrons. The maximum Gasteiger partial charge on any atom is 0.251 e. The van der Waals surface area contributed by atoms with Gasteiger partial charge in [-0.05, 0) is 39.9 Å². The highest BCUT2D eigenvalue weighted by Crippen LogP contribution is 2.39. The van der Waals surface area contributed by atoms with Crippen molar-refractivity contribution in [2.45, 2.75) is 56.7 Å². The first-order chi connectivity index (χ1) is 23.1. The molecule has 1 amide bonds. The summed E-state index contributed by atoms with van der Waals surface area (Å²) in [6.07, 6.45) is 1.78. The molecule has 47 heavy (non-hydrogen) atoms. The quantitative estimate of drug-likeness (QED) is 0.228. The molecule has 0 saturated carbocycles.